The van der Waals surface area contributed by atoms with E-state index in [1.54, 1.807) is 0 Å². The standard InChI is InChI=1S/C8H9F3N2O2S/c1-4(8(9,10)11)13-7-12-3-5(16-7)6(14)15-2/h3-4H,1-2H3,(H,12,13). The number of anilines is 1. The van der Waals surface area contributed by atoms with Crippen LogP contribution in [0.5, 0.6) is 0 Å². The second-order valence-electron chi connectivity index (χ2n) is 2.93. The number of hydrogen-bond donors (Lipinski definition) is 1. The maximum atomic E-state index is 12.2. The summed E-state index contributed by atoms with van der Waals surface area (Å²) in [4.78, 5) is 14.8. The lowest BCUT2D eigenvalue weighted by Crippen LogP contribution is -2.32. The molecule has 16 heavy (non-hydrogen) atoms. The van der Waals surface area contributed by atoms with Crippen LogP contribution >= 0.6 is 11.3 Å². The zero-order valence-corrected chi connectivity index (χ0v) is 9.28. The largest absolute Gasteiger partial charge is 0.465 e. The predicted octanol–water partition coefficient (Wildman–Crippen LogP) is 2.29. The molecule has 0 fully saturated rings. The summed E-state index contributed by atoms with van der Waals surface area (Å²) in [6, 6.07) is -1.72. The number of carbonyl (C=O) groups is 1. The van der Waals surface area contributed by atoms with E-state index in [9.17, 15) is 18.0 Å². The molecule has 0 spiro atoms. The number of esters is 1. The van der Waals surface area contributed by atoms with Crippen LogP contribution in [0.25, 0.3) is 0 Å². The van der Waals surface area contributed by atoms with E-state index in [1.807, 2.05) is 0 Å². The van der Waals surface area contributed by atoms with E-state index in [4.69, 9.17) is 0 Å². The van der Waals surface area contributed by atoms with Gasteiger partial charge < -0.3 is 10.1 Å². The molecular weight excluding hydrogens is 245 g/mol. The van der Waals surface area contributed by atoms with Crippen LogP contribution in [0.15, 0.2) is 6.20 Å². The smallest absolute Gasteiger partial charge is 0.408 e. The van der Waals surface area contributed by atoms with Crippen molar-refractivity contribution in [2.24, 2.45) is 0 Å². The SMILES string of the molecule is COC(=O)c1cnc(NC(C)C(F)(F)F)s1. The average molecular weight is 254 g/mol. The van der Waals surface area contributed by atoms with E-state index in [1.165, 1.54) is 13.3 Å². The molecule has 1 aromatic heterocycles. The Morgan fingerprint density at radius 2 is 2.25 bits per heavy atom. The van der Waals surface area contributed by atoms with Gasteiger partial charge in [-0.3, -0.25) is 0 Å². The van der Waals surface area contributed by atoms with Gasteiger partial charge in [0.2, 0.25) is 0 Å². The maximum Gasteiger partial charge on any atom is 0.408 e. The summed E-state index contributed by atoms with van der Waals surface area (Å²) in [5.74, 6) is -0.620. The van der Waals surface area contributed by atoms with Crippen LogP contribution in [0, 0.1) is 0 Å². The first-order valence-corrected chi connectivity index (χ1v) is 5.03. The Morgan fingerprint density at radius 3 is 2.75 bits per heavy atom. The van der Waals surface area contributed by atoms with Crippen molar-refractivity contribution < 1.29 is 22.7 Å². The Bertz CT molecular complexity index is 378. The summed E-state index contributed by atoms with van der Waals surface area (Å²) in [6.45, 7) is 0.971. The Labute approximate surface area is 93.4 Å². The number of nitrogens with one attached hydrogen (secondary N) is 1. The highest BCUT2D eigenvalue weighted by Gasteiger charge is 2.36. The van der Waals surface area contributed by atoms with Gasteiger partial charge in [0, 0.05) is 0 Å². The van der Waals surface area contributed by atoms with Crippen molar-refractivity contribution in [1.82, 2.24) is 4.98 Å². The first-order valence-electron chi connectivity index (χ1n) is 4.22. The third kappa shape index (κ3) is 3.09. The molecule has 0 saturated carbocycles. The number of nitrogens with zero attached hydrogens (tertiary/aromatic N) is 1. The second-order valence-corrected chi connectivity index (χ2v) is 3.96. The maximum absolute atomic E-state index is 12.2. The minimum absolute atomic E-state index is 0.0326. The number of aromatic nitrogens is 1. The number of thiazole rings is 1. The fraction of sp³-hybridized carbons (Fsp3) is 0.500. The fourth-order valence-corrected chi connectivity index (χ4v) is 1.62. The lowest BCUT2D eigenvalue weighted by Gasteiger charge is -2.15. The van der Waals surface area contributed by atoms with Crippen molar-refractivity contribution in [3.8, 4) is 0 Å². The monoisotopic (exact) mass is 254 g/mol. The number of hydrogen-bond acceptors (Lipinski definition) is 5. The Hall–Kier alpha value is -1.31. The second kappa shape index (κ2) is 4.69. The average Bonchev–Trinajstić information content (AvgIpc) is 2.63. The summed E-state index contributed by atoms with van der Waals surface area (Å²) < 4.78 is 41.0. The number of methoxy groups -OCH3 is 1. The van der Waals surface area contributed by atoms with Crippen LogP contribution in [0.2, 0.25) is 0 Å². The quantitative estimate of drug-likeness (QED) is 0.841. The van der Waals surface area contributed by atoms with Crippen LogP contribution in [0.1, 0.15) is 16.6 Å². The highest BCUT2D eigenvalue weighted by atomic mass is 32.1. The molecule has 1 unspecified atom stereocenters. The molecule has 0 radical (unpaired) electrons. The first-order chi connectivity index (χ1) is 7.34. The molecule has 4 nitrogen and oxygen atoms in total. The Balaban J connectivity index is 2.69. The van der Waals surface area contributed by atoms with Crippen LogP contribution in [0.4, 0.5) is 18.3 Å². The summed E-state index contributed by atoms with van der Waals surface area (Å²) in [7, 11) is 1.19. The zero-order chi connectivity index (χ0) is 12.3. The van der Waals surface area contributed by atoms with Crippen molar-refractivity contribution in [3.63, 3.8) is 0 Å². The molecule has 1 heterocycles. The van der Waals surface area contributed by atoms with Gasteiger partial charge in [-0.25, -0.2) is 9.78 Å². The molecule has 0 aliphatic carbocycles. The molecule has 8 heteroatoms. The van der Waals surface area contributed by atoms with Gasteiger partial charge in [0.25, 0.3) is 0 Å². The van der Waals surface area contributed by atoms with E-state index in [2.05, 4.69) is 15.0 Å². The van der Waals surface area contributed by atoms with Gasteiger partial charge in [-0.2, -0.15) is 13.2 Å². The van der Waals surface area contributed by atoms with E-state index in [0.29, 0.717) is 0 Å². The van der Waals surface area contributed by atoms with E-state index in [0.717, 1.165) is 18.3 Å². The van der Waals surface area contributed by atoms with Crippen molar-refractivity contribution in [2.45, 2.75) is 19.1 Å². The van der Waals surface area contributed by atoms with Gasteiger partial charge in [0.05, 0.1) is 13.3 Å². The molecule has 0 aliphatic rings. The third-order valence-electron chi connectivity index (χ3n) is 1.72. The molecule has 1 atom stereocenters. The minimum atomic E-state index is -4.35. The number of halogens is 3. The Kier molecular flexibility index (Phi) is 3.74. The highest BCUT2D eigenvalue weighted by Crippen LogP contribution is 2.25. The third-order valence-corrected chi connectivity index (χ3v) is 2.63. The summed E-state index contributed by atoms with van der Waals surface area (Å²) >= 11 is 0.813. The lowest BCUT2D eigenvalue weighted by molar-refractivity contribution is -0.138. The number of rotatable bonds is 3. The van der Waals surface area contributed by atoms with Gasteiger partial charge in [-0.05, 0) is 6.92 Å². The van der Waals surface area contributed by atoms with Crippen LogP contribution in [-0.4, -0.2) is 30.3 Å². The number of alkyl halides is 3. The van der Waals surface area contributed by atoms with Crippen molar-refractivity contribution in [1.29, 1.82) is 0 Å². The van der Waals surface area contributed by atoms with Gasteiger partial charge in [0.15, 0.2) is 5.13 Å². The van der Waals surface area contributed by atoms with Crippen LogP contribution < -0.4 is 5.32 Å². The van der Waals surface area contributed by atoms with Gasteiger partial charge in [-0.15, -0.1) is 0 Å². The van der Waals surface area contributed by atoms with Gasteiger partial charge in [0.1, 0.15) is 10.9 Å². The fourth-order valence-electron chi connectivity index (χ4n) is 0.803. The molecule has 0 aliphatic heterocycles. The molecule has 0 amide bonds. The van der Waals surface area contributed by atoms with E-state index in [-0.39, 0.29) is 10.0 Å². The molecule has 0 bridgehead atoms. The van der Waals surface area contributed by atoms with Gasteiger partial charge >= 0.3 is 12.1 Å². The first kappa shape index (κ1) is 12.8. The van der Waals surface area contributed by atoms with Crippen LogP contribution in [-0.2, 0) is 4.74 Å². The minimum Gasteiger partial charge on any atom is -0.465 e. The summed E-state index contributed by atoms with van der Waals surface area (Å²) in [6.07, 6.45) is -3.18. The molecule has 1 N–H and O–H groups in total. The van der Waals surface area contributed by atoms with Crippen molar-refractivity contribution >= 4 is 22.4 Å². The Morgan fingerprint density at radius 1 is 1.62 bits per heavy atom. The molecule has 1 aromatic rings. The zero-order valence-electron chi connectivity index (χ0n) is 8.46. The summed E-state index contributed by atoms with van der Waals surface area (Å²) in [5, 5.41) is 2.19. The van der Waals surface area contributed by atoms with Gasteiger partial charge in [-0.1, -0.05) is 11.3 Å². The van der Waals surface area contributed by atoms with Crippen molar-refractivity contribution in [3.05, 3.63) is 11.1 Å². The summed E-state index contributed by atoms with van der Waals surface area (Å²) in [5.41, 5.74) is 0. The number of carbonyl (C=O) groups excluding carboxylic acids is 1. The molecule has 0 aromatic carbocycles. The number of ether oxygens (including phenoxy) is 1. The van der Waals surface area contributed by atoms with E-state index >= 15 is 0 Å². The normalized spacial score (nSPS) is 13.3. The predicted molar refractivity (Wildman–Crippen MR) is 52.6 cm³/mol. The molecule has 90 valence electrons. The van der Waals surface area contributed by atoms with E-state index < -0.39 is 18.2 Å². The van der Waals surface area contributed by atoms with Crippen LogP contribution in [0.3, 0.4) is 0 Å². The van der Waals surface area contributed by atoms with Crippen molar-refractivity contribution in [2.75, 3.05) is 12.4 Å². The molecular formula is C8H9F3N2O2S. The molecule has 1 rings (SSSR count). The highest BCUT2D eigenvalue weighted by molar-refractivity contribution is 7.17. The molecule has 0 saturated heterocycles. The lowest BCUT2D eigenvalue weighted by atomic mass is 10.3. The topological polar surface area (TPSA) is 51.2 Å².